The van der Waals surface area contributed by atoms with Crippen molar-refractivity contribution in [3.8, 4) is 0 Å². The lowest BCUT2D eigenvalue weighted by atomic mass is 9.85. The van der Waals surface area contributed by atoms with Crippen LogP contribution >= 0.6 is 11.3 Å². The van der Waals surface area contributed by atoms with Crippen molar-refractivity contribution in [1.29, 1.82) is 0 Å². The van der Waals surface area contributed by atoms with Gasteiger partial charge in [0.2, 0.25) is 0 Å². The Kier molecular flexibility index (Phi) is 4.26. The molecular weight excluding hydrogens is 358 g/mol. The molecule has 3 aliphatic rings. The lowest BCUT2D eigenvalue weighted by molar-refractivity contribution is -0.0677. The summed E-state index contributed by atoms with van der Waals surface area (Å²) in [6, 6.07) is 6.55. The van der Waals surface area contributed by atoms with Crippen LogP contribution in [0.2, 0.25) is 0 Å². The summed E-state index contributed by atoms with van der Waals surface area (Å²) in [5.74, 6) is 0.513. The number of aliphatic hydroxyl groups is 1. The Morgan fingerprint density at radius 1 is 1.22 bits per heavy atom. The molecule has 1 N–H and O–H groups in total. The second kappa shape index (κ2) is 6.54. The number of thiophene rings is 1. The summed E-state index contributed by atoms with van der Waals surface area (Å²) in [5, 5.41) is 18.2. The van der Waals surface area contributed by atoms with Crippen LogP contribution < -0.4 is 5.56 Å². The van der Waals surface area contributed by atoms with E-state index < -0.39 is 5.60 Å². The monoisotopic (exact) mass is 385 g/mol. The summed E-state index contributed by atoms with van der Waals surface area (Å²) in [6.07, 6.45) is 6.07. The number of piperidine rings is 1. The Morgan fingerprint density at radius 2 is 1.96 bits per heavy atom. The smallest absolute Gasteiger partial charge is 0.266 e. The highest BCUT2D eigenvalue weighted by Gasteiger charge is 2.47. The fourth-order valence-corrected chi connectivity index (χ4v) is 5.75. The molecule has 5 rings (SSSR count). The van der Waals surface area contributed by atoms with Crippen LogP contribution in [-0.2, 0) is 13.1 Å². The molecule has 3 fully saturated rings. The third kappa shape index (κ3) is 3.50. The molecule has 1 saturated carbocycles. The molecule has 2 saturated heterocycles. The second-order valence-electron chi connectivity index (χ2n) is 8.78. The van der Waals surface area contributed by atoms with E-state index in [4.69, 9.17) is 0 Å². The van der Waals surface area contributed by atoms with Crippen molar-refractivity contribution in [1.82, 2.24) is 14.7 Å². The van der Waals surface area contributed by atoms with E-state index in [0.717, 1.165) is 50.8 Å². The number of hydrogen-bond donors (Lipinski definition) is 1. The molecule has 2 aliphatic heterocycles. The van der Waals surface area contributed by atoms with Gasteiger partial charge in [0.1, 0.15) is 0 Å². The summed E-state index contributed by atoms with van der Waals surface area (Å²) in [4.78, 5) is 16.2. The summed E-state index contributed by atoms with van der Waals surface area (Å²) in [5.41, 5.74) is 1.46. The predicted octanol–water partition coefficient (Wildman–Crippen LogP) is 3.05. The maximum atomic E-state index is 12.3. The highest BCUT2D eigenvalue weighted by atomic mass is 32.1. The van der Waals surface area contributed by atoms with Crippen LogP contribution in [0.5, 0.6) is 0 Å². The highest BCUT2D eigenvalue weighted by molar-refractivity contribution is 7.10. The minimum atomic E-state index is -0.827. The first-order valence-corrected chi connectivity index (χ1v) is 11.0. The first-order chi connectivity index (χ1) is 13.0. The Bertz CT molecular complexity index is 887. The van der Waals surface area contributed by atoms with Gasteiger partial charge in [-0.25, -0.2) is 4.68 Å². The van der Waals surface area contributed by atoms with Crippen molar-refractivity contribution in [2.75, 3.05) is 0 Å². The van der Waals surface area contributed by atoms with Crippen LogP contribution in [0.3, 0.4) is 0 Å². The summed E-state index contributed by atoms with van der Waals surface area (Å²) in [7, 11) is 0. The Hall–Kier alpha value is -1.50. The molecule has 27 heavy (non-hydrogen) atoms. The predicted molar refractivity (Wildman–Crippen MR) is 106 cm³/mol. The van der Waals surface area contributed by atoms with Crippen molar-refractivity contribution in [3.63, 3.8) is 0 Å². The van der Waals surface area contributed by atoms with Gasteiger partial charge < -0.3 is 5.11 Å². The van der Waals surface area contributed by atoms with Gasteiger partial charge in [-0.1, -0.05) is 0 Å². The highest BCUT2D eigenvalue weighted by Crippen LogP contribution is 2.42. The van der Waals surface area contributed by atoms with Crippen molar-refractivity contribution >= 4 is 11.3 Å². The molecule has 2 unspecified atom stereocenters. The lowest BCUT2D eigenvalue weighted by Gasteiger charge is -2.43. The molecular formula is C21H27N3O2S. The van der Waals surface area contributed by atoms with Gasteiger partial charge in [0.15, 0.2) is 0 Å². The van der Waals surface area contributed by atoms with Crippen molar-refractivity contribution in [2.45, 2.75) is 82.1 Å². The molecule has 2 aromatic rings. The van der Waals surface area contributed by atoms with Gasteiger partial charge in [0, 0.05) is 35.5 Å². The number of hydrogen-bond acceptors (Lipinski definition) is 5. The van der Waals surface area contributed by atoms with Gasteiger partial charge in [-0.2, -0.15) is 5.10 Å². The lowest BCUT2D eigenvalue weighted by Crippen LogP contribution is -2.53. The number of nitrogens with zero attached hydrogens (tertiary/aromatic N) is 3. The maximum Gasteiger partial charge on any atom is 0.266 e. The fourth-order valence-electron chi connectivity index (χ4n) is 5.05. The molecule has 2 atom stereocenters. The Morgan fingerprint density at radius 3 is 2.59 bits per heavy atom. The van der Waals surface area contributed by atoms with Crippen molar-refractivity contribution < 1.29 is 5.11 Å². The standard InChI is InChI=1S/C21H27N3O2S/c1-14-8-15(12-27-14)11-23-17-4-5-18(23)10-21(26,9-17)13-24-20(25)7-6-19(22-24)16-2-3-16/h6-8,12,16-18,26H,2-5,9-11,13H2,1H3. The molecule has 4 heterocycles. The zero-order valence-corrected chi connectivity index (χ0v) is 16.6. The van der Waals surface area contributed by atoms with Gasteiger partial charge in [0.25, 0.3) is 5.56 Å². The zero-order valence-electron chi connectivity index (χ0n) is 15.8. The molecule has 0 aromatic carbocycles. The third-order valence-electron chi connectivity index (χ3n) is 6.48. The molecule has 6 heteroatoms. The van der Waals surface area contributed by atoms with Crippen LogP contribution in [0, 0.1) is 6.92 Å². The van der Waals surface area contributed by atoms with Crippen molar-refractivity contribution in [3.05, 3.63) is 50.1 Å². The first-order valence-electron chi connectivity index (χ1n) is 10.1. The topological polar surface area (TPSA) is 58.4 Å². The molecule has 1 aliphatic carbocycles. The van der Waals surface area contributed by atoms with E-state index in [2.05, 4.69) is 28.4 Å². The number of rotatable bonds is 5. The molecule has 0 spiro atoms. The fraction of sp³-hybridized carbons (Fsp3) is 0.619. The molecule has 0 amide bonds. The average Bonchev–Trinajstić information content (AvgIpc) is 3.34. The second-order valence-corrected chi connectivity index (χ2v) is 9.90. The Labute approximate surface area is 163 Å². The van der Waals surface area contributed by atoms with Gasteiger partial charge in [-0.3, -0.25) is 9.69 Å². The van der Waals surface area contributed by atoms with Crippen LogP contribution in [0.1, 0.15) is 60.6 Å². The minimum absolute atomic E-state index is 0.101. The molecule has 2 aromatic heterocycles. The van der Waals surface area contributed by atoms with E-state index in [0.29, 0.717) is 24.5 Å². The molecule has 2 bridgehead atoms. The quantitative estimate of drug-likeness (QED) is 0.859. The molecule has 144 valence electrons. The van der Waals surface area contributed by atoms with Gasteiger partial charge in [0.05, 0.1) is 17.8 Å². The first kappa shape index (κ1) is 17.6. The average molecular weight is 386 g/mol. The maximum absolute atomic E-state index is 12.3. The number of aryl methyl sites for hydroxylation is 1. The molecule has 0 radical (unpaired) electrons. The van der Waals surface area contributed by atoms with E-state index in [9.17, 15) is 9.90 Å². The molecule has 5 nitrogen and oxygen atoms in total. The largest absolute Gasteiger partial charge is 0.388 e. The summed E-state index contributed by atoms with van der Waals surface area (Å²) in [6.45, 7) is 3.45. The van der Waals surface area contributed by atoms with E-state index in [1.165, 1.54) is 15.1 Å². The van der Waals surface area contributed by atoms with Crippen LogP contribution in [0.4, 0.5) is 0 Å². The van der Waals surface area contributed by atoms with Crippen LogP contribution in [0.15, 0.2) is 28.4 Å². The SMILES string of the molecule is Cc1cc(CN2C3CCC2CC(O)(Cn2nc(C4CC4)ccc2=O)C3)cs1. The zero-order chi connectivity index (χ0) is 18.6. The van der Waals surface area contributed by atoms with Crippen molar-refractivity contribution in [2.24, 2.45) is 0 Å². The normalized spacial score (nSPS) is 30.7. The van der Waals surface area contributed by atoms with E-state index in [1.54, 1.807) is 17.4 Å². The minimum Gasteiger partial charge on any atom is -0.388 e. The Balaban J connectivity index is 1.32. The van der Waals surface area contributed by atoms with E-state index in [-0.39, 0.29) is 5.56 Å². The summed E-state index contributed by atoms with van der Waals surface area (Å²) >= 11 is 1.81. The van der Waals surface area contributed by atoms with Crippen LogP contribution in [-0.4, -0.2) is 37.5 Å². The van der Waals surface area contributed by atoms with Gasteiger partial charge in [-0.15, -0.1) is 11.3 Å². The van der Waals surface area contributed by atoms with E-state index in [1.807, 2.05) is 6.07 Å². The van der Waals surface area contributed by atoms with Crippen LogP contribution in [0.25, 0.3) is 0 Å². The third-order valence-corrected chi connectivity index (χ3v) is 7.39. The van der Waals surface area contributed by atoms with E-state index >= 15 is 0 Å². The number of aromatic nitrogens is 2. The van der Waals surface area contributed by atoms with Gasteiger partial charge >= 0.3 is 0 Å². The van der Waals surface area contributed by atoms with Gasteiger partial charge in [-0.05, 0) is 68.5 Å². The summed E-state index contributed by atoms with van der Waals surface area (Å²) < 4.78 is 1.52. The number of fused-ring (bicyclic) bond motifs is 2.